The van der Waals surface area contributed by atoms with Gasteiger partial charge in [-0.3, -0.25) is 0 Å². The number of nitrogens with two attached hydrogens (primary N) is 1. The summed E-state index contributed by atoms with van der Waals surface area (Å²) in [6, 6.07) is 8.46. The molecule has 0 heterocycles. The maximum absolute atomic E-state index is 5.81. The molecule has 2 rings (SSSR count). The Balaban J connectivity index is 1.80. The molecule has 0 spiro atoms. The Bertz CT molecular complexity index is 374. The van der Waals surface area contributed by atoms with Crippen molar-refractivity contribution in [2.75, 3.05) is 26.7 Å². The molecule has 1 aromatic rings. The molecule has 1 aliphatic rings. The number of benzene rings is 1. The van der Waals surface area contributed by atoms with Crippen molar-refractivity contribution in [2.24, 2.45) is 11.1 Å². The maximum Gasteiger partial charge on any atom is 0.0207 e. The summed E-state index contributed by atoms with van der Waals surface area (Å²) in [5.41, 5.74) is 7.65. The number of rotatable bonds is 6. The van der Waals surface area contributed by atoms with E-state index in [9.17, 15) is 0 Å². The number of nitrogens with zero attached hydrogens (tertiary/aromatic N) is 1. The second-order valence-electron chi connectivity index (χ2n) is 5.28. The van der Waals surface area contributed by atoms with Crippen LogP contribution in [0.3, 0.4) is 0 Å². The van der Waals surface area contributed by atoms with E-state index in [1.807, 2.05) is 0 Å². The van der Waals surface area contributed by atoms with Gasteiger partial charge in [-0.1, -0.05) is 34.1 Å². The van der Waals surface area contributed by atoms with E-state index in [-0.39, 0.29) is 0 Å². The van der Waals surface area contributed by atoms with Gasteiger partial charge in [0.2, 0.25) is 0 Å². The summed E-state index contributed by atoms with van der Waals surface area (Å²) >= 11 is 3.60. The van der Waals surface area contributed by atoms with E-state index in [2.05, 4.69) is 52.1 Å². The van der Waals surface area contributed by atoms with Gasteiger partial charge < -0.3 is 10.6 Å². The van der Waals surface area contributed by atoms with Crippen molar-refractivity contribution in [3.05, 3.63) is 34.3 Å². The fraction of sp³-hybridized carbons (Fsp3) is 0.571. The molecule has 17 heavy (non-hydrogen) atoms. The molecule has 2 N–H and O–H groups in total. The van der Waals surface area contributed by atoms with Gasteiger partial charge in [0.05, 0.1) is 0 Å². The number of hydrogen-bond donors (Lipinski definition) is 1. The average molecular weight is 297 g/mol. The van der Waals surface area contributed by atoms with Crippen molar-refractivity contribution in [1.29, 1.82) is 0 Å². The topological polar surface area (TPSA) is 29.3 Å². The summed E-state index contributed by atoms with van der Waals surface area (Å²) in [6.07, 6.45) is 3.71. The highest BCUT2D eigenvalue weighted by molar-refractivity contribution is 9.10. The molecule has 3 heteroatoms. The van der Waals surface area contributed by atoms with Crippen LogP contribution in [-0.2, 0) is 6.42 Å². The largest absolute Gasteiger partial charge is 0.330 e. The molecule has 0 saturated heterocycles. The molecular formula is C14H21BrN2. The summed E-state index contributed by atoms with van der Waals surface area (Å²) in [5, 5.41) is 0. The molecule has 0 aromatic heterocycles. The molecule has 0 amide bonds. The van der Waals surface area contributed by atoms with Gasteiger partial charge in [-0.15, -0.1) is 0 Å². The molecule has 0 aliphatic heterocycles. The Morgan fingerprint density at radius 2 is 2.06 bits per heavy atom. The Kier molecular flexibility index (Phi) is 4.23. The average Bonchev–Trinajstić information content (AvgIpc) is 3.08. The molecule has 0 unspecified atom stereocenters. The van der Waals surface area contributed by atoms with Gasteiger partial charge in [0.1, 0.15) is 0 Å². The van der Waals surface area contributed by atoms with Crippen LogP contribution in [0.5, 0.6) is 0 Å². The van der Waals surface area contributed by atoms with Gasteiger partial charge in [0.25, 0.3) is 0 Å². The van der Waals surface area contributed by atoms with Crippen LogP contribution in [0.15, 0.2) is 28.7 Å². The summed E-state index contributed by atoms with van der Waals surface area (Å²) in [6.45, 7) is 3.09. The third-order valence-electron chi connectivity index (χ3n) is 3.72. The second-order valence-corrected chi connectivity index (χ2v) is 6.14. The van der Waals surface area contributed by atoms with E-state index in [1.54, 1.807) is 0 Å². The zero-order valence-corrected chi connectivity index (χ0v) is 12.0. The molecule has 94 valence electrons. The summed E-state index contributed by atoms with van der Waals surface area (Å²) in [7, 11) is 2.20. The van der Waals surface area contributed by atoms with E-state index in [4.69, 9.17) is 5.73 Å². The van der Waals surface area contributed by atoms with E-state index in [0.29, 0.717) is 5.41 Å². The zero-order valence-electron chi connectivity index (χ0n) is 10.5. The first kappa shape index (κ1) is 13.1. The van der Waals surface area contributed by atoms with Crippen LogP contribution in [0.25, 0.3) is 0 Å². The molecule has 1 fully saturated rings. The highest BCUT2D eigenvalue weighted by atomic mass is 79.9. The molecule has 0 bridgehead atoms. The van der Waals surface area contributed by atoms with Gasteiger partial charge in [0.15, 0.2) is 0 Å². The van der Waals surface area contributed by atoms with Crippen LogP contribution in [0.4, 0.5) is 0 Å². The molecule has 0 atom stereocenters. The van der Waals surface area contributed by atoms with Crippen LogP contribution in [-0.4, -0.2) is 31.6 Å². The number of hydrogen-bond acceptors (Lipinski definition) is 2. The van der Waals surface area contributed by atoms with E-state index >= 15 is 0 Å². The first-order chi connectivity index (χ1) is 8.15. The quantitative estimate of drug-likeness (QED) is 0.874. The molecule has 1 aromatic carbocycles. The lowest BCUT2D eigenvalue weighted by molar-refractivity contribution is 0.269. The Morgan fingerprint density at radius 3 is 2.65 bits per heavy atom. The molecule has 2 nitrogen and oxygen atoms in total. The predicted molar refractivity (Wildman–Crippen MR) is 76.1 cm³/mol. The van der Waals surface area contributed by atoms with Gasteiger partial charge >= 0.3 is 0 Å². The second kappa shape index (κ2) is 5.51. The van der Waals surface area contributed by atoms with Crippen LogP contribution in [0.2, 0.25) is 0 Å². The normalized spacial score (nSPS) is 17.4. The van der Waals surface area contributed by atoms with Crippen molar-refractivity contribution >= 4 is 15.9 Å². The van der Waals surface area contributed by atoms with E-state index < -0.39 is 0 Å². The van der Waals surface area contributed by atoms with Crippen molar-refractivity contribution < 1.29 is 0 Å². The van der Waals surface area contributed by atoms with Gasteiger partial charge in [-0.25, -0.2) is 0 Å². The maximum atomic E-state index is 5.81. The van der Waals surface area contributed by atoms with Crippen LogP contribution >= 0.6 is 15.9 Å². The van der Waals surface area contributed by atoms with Gasteiger partial charge in [-0.2, -0.15) is 0 Å². The zero-order chi connectivity index (χ0) is 12.3. The molecule has 1 saturated carbocycles. The fourth-order valence-electron chi connectivity index (χ4n) is 2.27. The van der Waals surface area contributed by atoms with E-state index in [0.717, 1.165) is 26.1 Å². The lowest BCUT2D eigenvalue weighted by Gasteiger charge is -2.22. The summed E-state index contributed by atoms with van der Waals surface area (Å²) in [5.74, 6) is 0. The number of halogens is 1. The van der Waals surface area contributed by atoms with Crippen LogP contribution in [0.1, 0.15) is 18.4 Å². The highest BCUT2D eigenvalue weighted by Gasteiger charge is 2.41. The van der Waals surface area contributed by atoms with Gasteiger partial charge in [-0.05, 0) is 49.9 Å². The van der Waals surface area contributed by atoms with Gasteiger partial charge in [0, 0.05) is 17.6 Å². The fourth-order valence-corrected chi connectivity index (χ4v) is 2.75. The van der Waals surface area contributed by atoms with Crippen LogP contribution in [0, 0.1) is 5.41 Å². The van der Waals surface area contributed by atoms with Crippen molar-refractivity contribution in [1.82, 2.24) is 4.90 Å². The monoisotopic (exact) mass is 296 g/mol. The molecule has 1 aliphatic carbocycles. The third-order valence-corrected chi connectivity index (χ3v) is 4.49. The predicted octanol–water partition coefficient (Wildman–Crippen LogP) is 2.66. The minimum atomic E-state index is 0.447. The standard InChI is InChI=1S/C14H21BrN2/c1-17(11-14(10-16)7-8-14)9-6-12-4-2-3-5-13(12)15/h2-5H,6-11,16H2,1H3. The molecular weight excluding hydrogens is 276 g/mol. The Morgan fingerprint density at radius 1 is 1.35 bits per heavy atom. The number of likely N-dealkylation sites (N-methyl/N-ethyl adjacent to an activating group) is 1. The van der Waals surface area contributed by atoms with Crippen molar-refractivity contribution in [2.45, 2.75) is 19.3 Å². The smallest absolute Gasteiger partial charge is 0.0207 e. The Labute approximate surface area is 112 Å². The summed E-state index contributed by atoms with van der Waals surface area (Å²) < 4.78 is 1.22. The highest BCUT2D eigenvalue weighted by Crippen LogP contribution is 2.44. The van der Waals surface area contributed by atoms with Crippen molar-refractivity contribution in [3.8, 4) is 0 Å². The van der Waals surface area contributed by atoms with Crippen LogP contribution < -0.4 is 5.73 Å². The SMILES string of the molecule is CN(CCc1ccccc1Br)CC1(CN)CC1. The Hall–Kier alpha value is -0.380. The summed E-state index contributed by atoms with van der Waals surface area (Å²) in [4.78, 5) is 2.42. The first-order valence-electron chi connectivity index (χ1n) is 6.27. The first-order valence-corrected chi connectivity index (χ1v) is 7.07. The molecule has 0 radical (unpaired) electrons. The van der Waals surface area contributed by atoms with Crippen molar-refractivity contribution in [3.63, 3.8) is 0 Å². The lowest BCUT2D eigenvalue weighted by Crippen LogP contribution is -2.32. The van der Waals surface area contributed by atoms with E-state index in [1.165, 1.54) is 22.9 Å². The third kappa shape index (κ3) is 3.54. The minimum absolute atomic E-state index is 0.447. The minimum Gasteiger partial charge on any atom is -0.330 e. The lowest BCUT2D eigenvalue weighted by atomic mass is 10.1.